The third-order valence-corrected chi connectivity index (χ3v) is 4.08. The van der Waals surface area contributed by atoms with Gasteiger partial charge in [0.25, 0.3) is 5.56 Å². The maximum atomic E-state index is 13.2. The molecule has 1 unspecified atom stereocenters. The Kier molecular flexibility index (Phi) is 5.02. The van der Waals surface area contributed by atoms with Crippen LogP contribution in [0.25, 0.3) is 11.0 Å². The molecule has 142 valence electrons. The van der Waals surface area contributed by atoms with Crippen LogP contribution in [0, 0.1) is 0 Å². The third-order valence-electron chi connectivity index (χ3n) is 4.08. The lowest BCUT2D eigenvalue weighted by Gasteiger charge is -2.19. The molecule has 0 aliphatic carbocycles. The zero-order valence-corrected chi connectivity index (χ0v) is 14.3. The number of para-hydroxylation sites is 2. The van der Waals surface area contributed by atoms with Crippen LogP contribution < -0.4 is 10.9 Å². The Morgan fingerprint density at radius 2 is 2.00 bits per heavy atom. The molecule has 27 heavy (non-hydrogen) atoms. The van der Waals surface area contributed by atoms with E-state index in [0.717, 1.165) is 4.57 Å². The molecule has 0 aliphatic heterocycles. The van der Waals surface area contributed by atoms with Crippen LogP contribution in [0.3, 0.4) is 0 Å². The van der Waals surface area contributed by atoms with E-state index >= 15 is 0 Å². The van der Waals surface area contributed by atoms with Crippen molar-refractivity contribution in [3.05, 3.63) is 64.5 Å². The van der Waals surface area contributed by atoms with Crippen molar-refractivity contribution < 1.29 is 22.4 Å². The van der Waals surface area contributed by atoms with Gasteiger partial charge in [0.2, 0.25) is 11.6 Å². The van der Waals surface area contributed by atoms with Crippen LogP contribution in [-0.4, -0.2) is 22.0 Å². The summed E-state index contributed by atoms with van der Waals surface area (Å²) in [5.41, 5.74) is -2.75. The van der Waals surface area contributed by atoms with Crippen molar-refractivity contribution in [2.24, 2.45) is 0 Å². The summed E-state index contributed by atoms with van der Waals surface area (Å²) >= 11 is 0. The van der Waals surface area contributed by atoms with Gasteiger partial charge in [0, 0.05) is 13.0 Å². The topological polar surface area (TPSA) is 77.1 Å². The lowest BCUT2D eigenvalue weighted by molar-refractivity contribution is -0.142. The average molecular weight is 379 g/mol. The van der Waals surface area contributed by atoms with Gasteiger partial charge in [-0.1, -0.05) is 12.1 Å². The zero-order chi connectivity index (χ0) is 19.6. The lowest BCUT2D eigenvalue weighted by Crippen LogP contribution is -2.39. The van der Waals surface area contributed by atoms with Crippen LogP contribution in [0.4, 0.5) is 13.2 Å². The number of furan rings is 1. The summed E-state index contributed by atoms with van der Waals surface area (Å²) in [4.78, 5) is 28.3. The molecular formula is C18H16F3N3O3. The number of hydrogen-bond acceptors (Lipinski definition) is 4. The first-order chi connectivity index (χ1) is 12.8. The quantitative estimate of drug-likeness (QED) is 0.740. The summed E-state index contributed by atoms with van der Waals surface area (Å²) in [7, 11) is 0. The first-order valence-electron chi connectivity index (χ1n) is 8.17. The van der Waals surface area contributed by atoms with Gasteiger partial charge in [-0.05, 0) is 31.2 Å². The second-order valence-electron chi connectivity index (χ2n) is 5.92. The molecule has 3 aromatic rings. The fourth-order valence-corrected chi connectivity index (χ4v) is 2.75. The molecule has 0 fully saturated rings. The molecule has 0 spiro atoms. The number of carbonyl (C=O) groups is 1. The van der Waals surface area contributed by atoms with Gasteiger partial charge in [-0.15, -0.1) is 0 Å². The highest BCUT2D eigenvalue weighted by atomic mass is 19.4. The Bertz CT molecular complexity index is 1010. The van der Waals surface area contributed by atoms with Crippen molar-refractivity contribution in [2.45, 2.75) is 25.6 Å². The molecule has 6 nitrogen and oxygen atoms in total. The number of rotatable bonds is 5. The van der Waals surface area contributed by atoms with Gasteiger partial charge < -0.3 is 9.73 Å². The third kappa shape index (κ3) is 3.86. The molecule has 0 bridgehead atoms. The van der Waals surface area contributed by atoms with Crippen LogP contribution >= 0.6 is 0 Å². The van der Waals surface area contributed by atoms with Crippen molar-refractivity contribution in [3.8, 4) is 0 Å². The normalized spacial score (nSPS) is 12.9. The van der Waals surface area contributed by atoms with Gasteiger partial charge in [0.1, 0.15) is 11.8 Å². The molecule has 1 atom stereocenters. The van der Waals surface area contributed by atoms with Crippen molar-refractivity contribution in [1.29, 1.82) is 0 Å². The zero-order valence-electron chi connectivity index (χ0n) is 14.3. The van der Waals surface area contributed by atoms with Gasteiger partial charge in [-0.25, -0.2) is 4.98 Å². The van der Waals surface area contributed by atoms with Crippen LogP contribution in [0.2, 0.25) is 0 Å². The number of carbonyl (C=O) groups excluding carboxylic acids is 1. The van der Waals surface area contributed by atoms with Crippen LogP contribution in [0.5, 0.6) is 0 Å². The van der Waals surface area contributed by atoms with Gasteiger partial charge in [-0.3, -0.25) is 14.2 Å². The number of nitrogens with zero attached hydrogens (tertiary/aromatic N) is 2. The molecule has 3 rings (SSSR count). The monoisotopic (exact) mass is 379 g/mol. The fraction of sp³-hybridized carbons (Fsp3) is 0.278. The molecule has 0 saturated carbocycles. The number of halogens is 3. The van der Waals surface area contributed by atoms with E-state index in [4.69, 9.17) is 4.42 Å². The van der Waals surface area contributed by atoms with E-state index in [2.05, 4.69) is 10.3 Å². The average Bonchev–Trinajstić information content (AvgIpc) is 3.13. The highest BCUT2D eigenvalue weighted by Crippen LogP contribution is 2.27. The minimum atomic E-state index is -4.92. The maximum absolute atomic E-state index is 13.2. The Hall–Kier alpha value is -3.10. The molecule has 2 heterocycles. The van der Waals surface area contributed by atoms with Crippen molar-refractivity contribution in [1.82, 2.24) is 14.9 Å². The Morgan fingerprint density at radius 3 is 2.67 bits per heavy atom. The van der Waals surface area contributed by atoms with Crippen molar-refractivity contribution in [2.75, 3.05) is 6.54 Å². The molecule has 0 aliphatic rings. The van der Waals surface area contributed by atoms with E-state index in [1.54, 1.807) is 18.2 Å². The Labute approximate surface area is 151 Å². The van der Waals surface area contributed by atoms with E-state index in [-0.39, 0.29) is 17.6 Å². The second-order valence-corrected chi connectivity index (χ2v) is 5.92. The standard InChI is InChI=1S/C18H16F3N3O3/c1-11(16(25)22-9-8-12-5-4-10-27-12)24-14-7-3-2-6-13(14)23-15(17(24)26)18(19,20)21/h2-7,10-11H,8-9H2,1H3,(H,22,25). The second kappa shape index (κ2) is 7.26. The Balaban J connectivity index is 1.93. The van der Waals surface area contributed by atoms with Crippen LogP contribution in [-0.2, 0) is 17.4 Å². The molecule has 9 heteroatoms. The Morgan fingerprint density at radius 1 is 1.26 bits per heavy atom. The maximum Gasteiger partial charge on any atom is 0.438 e. The number of fused-ring (bicyclic) bond motifs is 1. The number of amides is 1. The predicted molar refractivity (Wildman–Crippen MR) is 91.1 cm³/mol. The van der Waals surface area contributed by atoms with Gasteiger partial charge >= 0.3 is 6.18 Å². The first kappa shape index (κ1) is 18.7. The van der Waals surface area contributed by atoms with E-state index in [0.29, 0.717) is 12.2 Å². The first-order valence-corrected chi connectivity index (χ1v) is 8.17. The molecule has 1 amide bonds. The number of hydrogen-bond donors (Lipinski definition) is 1. The molecular weight excluding hydrogens is 363 g/mol. The minimum Gasteiger partial charge on any atom is -0.469 e. The fourth-order valence-electron chi connectivity index (χ4n) is 2.75. The van der Waals surface area contributed by atoms with Gasteiger partial charge in [-0.2, -0.15) is 13.2 Å². The molecule has 0 radical (unpaired) electrons. The largest absolute Gasteiger partial charge is 0.469 e. The molecule has 2 aromatic heterocycles. The van der Waals surface area contributed by atoms with Crippen LogP contribution in [0.1, 0.15) is 24.4 Å². The summed E-state index contributed by atoms with van der Waals surface area (Å²) in [5, 5.41) is 2.61. The lowest BCUT2D eigenvalue weighted by atomic mass is 10.2. The number of aromatic nitrogens is 2. The molecule has 1 aromatic carbocycles. The highest BCUT2D eigenvalue weighted by Gasteiger charge is 2.38. The summed E-state index contributed by atoms with van der Waals surface area (Å²) in [5.74, 6) is 0.0852. The van der Waals surface area contributed by atoms with E-state index in [9.17, 15) is 22.8 Å². The van der Waals surface area contributed by atoms with Crippen molar-refractivity contribution >= 4 is 16.9 Å². The molecule has 0 saturated heterocycles. The predicted octanol–water partition coefficient (Wildman–Crippen LogP) is 2.93. The molecule has 1 N–H and O–H groups in total. The summed E-state index contributed by atoms with van der Waals surface area (Å²) in [6.45, 7) is 1.59. The van der Waals surface area contributed by atoms with E-state index in [1.165, 1.54) is 31.4 Å². The number of nitrogens with one attached hydrogen (secondary N) is 1. The highest BCUT2D eigenvalue weighted by molar-refractivity contribution is 5.83. The van der Waals surface area contributed by atoms with E-state index < -0.39 is 29.4 Å². The minimum absolute atomic E-state index is 0.0142. The summed E-state index contributed by atoms with van der Waals surface area (Å²) < 4.78 is 45.6. The van der Waals surface area contributed by atoms with Crippen molar-refractivity contribution in [3.63, 3.8) is 0 Å². The number of benzene rings is 1. The van der Waals surface area contributed by atoms with E-state index in [1.807, 2.05) is 0 Å². The summed E-state index contributed by atoms with van der Waals surface area (Å²) in [6, 6.07) is 8.20. The van der Waals surface area contributed by atoms with Gasteiger partial charge in [0.15, 0.2) is 0 Å². The van der Waals surface area contributed by atoms with Gasteiger partial charge in [0.05, 0.1) is 17.3 Å². The summed E-state index contributed by atoms with van der Waals surface area (Å²) in [6.07, 6.45) is -3.00. The smallest absolute Gasteiger partial charge is 0.438 e. The number of alkyl halides is 3. The van der Waals surface area contributed by atoms with Crippen LogP contribution in [0.15, 0.2) is 51.9 Å². The SMILES string of the molecule is CC(C(=O)NCCc1ccco1)n1c(=O)c(C(F)(F)F)nc2ccccc21.